The van der Waals surface area contributed by atoms with Crippen molar-refractivity contribution in [3.63, 3.8) is 0 Å². The van der Waals surface area contributed by atoms with E-state index in [0.29, 0.717) is 17.2 Å². The summed E-state index contributed by atoms with van der Waals surface area (Å²) in [6, 6.07) is 19.9. The van der Waals surface area contributed by atoms with Gasteiger partial charge in [-0.25, -0.2) is 19.3 Å². The number of aryl methyl sites for hydroxylation is 1. The van der Waals surface area contributed by atoms with Gasteiger partial charge >= 0.3 is 0 Å². The summed E-state index contributed by atoms with van der Waals surface area (Å²) in [5, 5.41) is 0.888. The van der Waals surface area contributed by atoms with Crippen molar-refractivity contribution in [3.05, 3.63) is 78.2 Å². The number of pyridine rings is 1. The summed E-state index contributed by atoms with van der Waals surface area (Å²) in [4.78, 5) is 13.8. The van der Waals surface area contributed by atoms with Crippen molar-refractivity contribution in [3.8, 4) is 22.8 Å². The quantitative estimate of drug-likeness (QED) is 0.533. The summed E-state index contributed by atoms with van der Waals surface area (Å²) in [7, 11) is 0. The smallest absolute Gasteiger partial charge is 0.179 e. The fourth-order valence-electron chi connectivity index (χ4n) is 2.71. The maximum Gasteiger partial charge on any atom is 0.179 e. The van der Waals surface area contributed by atoms with Gasteiger partial charge < -0.3 is 0 Å². The summed E-state index contributed by atoms with van der Waals surface area (Å²) in [6.45, 7) is 1.93. The van der Waals surface area contributed by atoms with E-state index >= 15 is 0 Å². The average Bonchev–Trinajstić information content (AvgIpc) is 2.61. The number of hydrogen-bond donors (Lipinski definition) is 0. The van der Waals surface area contributed by atoms with Crippen molar-refractivity contribution in [2.75, 3.05) is 0 Å². The van der Waals surface area contributed by atoms with E-state index < -0.39 is 0 Å². The predicted molar refractivity (Wildman–Crippen MR) is 92.9 cm³/mol. The molecule has 4 heteroatoms. The Morgan fingerprint density at radius 2 is 1.62 bits per heavy atom. The number of para-hydroxylation sites is 1. The van der Waals surface area contributed by atoms with Gasteiger partial charge in [0.15, 0.2) is 5.82 Å². The first-order chi connectivity index (χ1) is 11.7. The fourth-order valence-corrected chi connectivity index (χ4v) is 2.71. The van der Waals surface area contributed by atoms with E-state index in [1.807, 2.05) is 55.5 Å². The highest BCUT2D eigenvalue weighted by Crippen LogP contribution is 2.28. The Labute approximate surface area is 138 Å². The van der Waals surface area contributed by atoms with Crippen molar-refractivity contribution in [2.24, 2.45) is 0 Å². The summed E-state index contributed by atoms with van der Waals surface area (Å²) in [5.74, 6) is 0.252. The lowest BCUT2D eigenvalue weighted by Gasteiger charge is -2.09. The third kappa shape index (κ3) is 2.63. The molecule has 2 heterocycles. The van der Waals surface area contributed by atoms with Gasteiger partial charge in [-0.2, -0.15) is 0 Å². The first kappa shape index (κ1) is 14.5. The lowest BCUT2D eigenvalue weighted by Crippen LogP contribution is -1.97. The molecule has 3 nitrogen and oxygen atoms in total. The SMILES string of the molecule is Cc1cccc(-c2nc(-c3cccc(F)c3)c3ccccc3n2)n1. The first-order valence-corrected chi connectivity index (χ1v) is 7.67. The van der Waals surface area contributed by atoms with Gasteiger partial charge in [0.05, 0.1) is 11.2 Å². The molecule has 0 aliphatic rings. The van der Waals surface area contributed by atoms with Crippen LogP contribution in [0.25, 0.3) is 33.7 Å². The van der Waals surface area contributed by atoms with Gasteiger partial charge in [-0.1, -0.05) is 36.4 Å². The molecule has 4 aromatic rings. The molecule has 0 amide bonds. The molecular formula is C20H14FN3. The highest BCUT2D eigenvalue weighted by Gasteiger charge is 2.12. The Morgan fingerprint density at radius 3 is 2.46 bits per heavy atom. The normalized spacial score (nSPS) is 10.9. The van der Waals surface area contributed by atoms with Crippen molar-refractivity contribution in [1.82, 2.24) is 15.0 Å². The molecule has 0 saturated heterocycles. The van der Waals surface area contributed by atoms with E-state index in [1.54, 1.807) is 6.07 Å². The van der Waals surface area contributed by atoms with Crippen molar-refractivity contribution in [1.29, 1.82) is 0 Å². The highest BCUT2D eigenvalue weighted by atomic mass is 19.1. The van der Waals surface area contributed by atoms with E-state index in [4.69, 9.17) is 0 Å². The Kier molecular flexibility index (Phi) is 3.50. The third-order valence-corrected chi connectivity index (χ3v) is 3.82. The number of rotatable bonds is 2. The number of fused-ring (bicyclic) bond motifs is 1. The summed E-state index contributed by atoms with van der Waals surface area (Å²) < 4.78 is 13.7. The van der Waals surface area contributed by atoms with Crippen LogP contribution in [0.2, 0.25) is 0 Å². The van der Waals surface area contributed by atoms with Crippen LogP contribution in [-0.2, 0) is 0 Å². The zero-order chi connectivity index (χ0) is 16.5. The highest BCUT2D eigenvalue weighted by molar-refractivity contribution is 5.93. The minimum atomic E-state index is -0.287. The van der Waals surface area contributed by atoms with Crippen LogP contribution in [0.15, 0.2) is 66.7 Å². The zero-order valence-corrected chi connectivity index (χ0v) is 13.1. The summed E-state index contributed by atoms with van der Waals surface area (Å²) in [5.41, 5.74) is 3.85. The topological polar surface area (TPSA) is 38.7 Å². The van der Waals surface area contributed by atoms with Gasteiger partial charge in [0, 0.05) is 16.6 Å². The second-order valence-corrected chi connectivity index (χ2v) is 5.59. The van der Waals surface area contributed by atoms with Crippen LogP contribution in [-0.4, -0.2) is 15.0 Å². The molecule has 2 aromatic carbocycles. The molecule has 24 heavy (non-hydrogen) atoms. The van der Waals surface area contributed by atoms with Crippen LogP contribution in [0.1, 0.15) is 5.69 Å². The molecule has 4 rings (SSSR count). The second kappa shape index (κ2) is 5.81. The fraction of sp³-hybridized carbons (Fsp3) is 0.0500. The van der Waals surface area contributed by atoms with Crippen LogP contribution >= 0.6 is 0 Å². The largest absolute Gasteiger partial charge is 0.250 e. The predicted octanol–water partition coefficient (Wildman–Crippen LogP) is 4.81. The first-order valence-electron chi connectivity index (χ1n) is 7.67. The Balaban J connectivity index is 2.01. The standard InChI is InChI=1S/C20H14FN3/c1-13-6-4-11-18(22-13)20-23-17-10-3-2-9-16(17)19(24-20)14-7-5-8-15(21)12-14/h2-12H,1H3. The molecule has 0 saturated carbocycles. The molecule has 0 N–H and O–H groups in total. The molecule has 0 unspecified atom stereocenters. The third-order valence-electron chi connectivity index (χ3n) is 3.82. The van der Waals surface area contributed by atoms with Crippen LogP contribution < -0.4 is 0 Å². The Bertz CT molecular complexity index is 1040. The Morgan fingerprint density at radius 1 is 0.792 bits per heavy atom. The minimum Gasteiger partial charge on any atom is -0.250 e. The molecule has 0 radical (unpaired) electrons. The molecule has 0 atom stereocenters. The van der Waals surface area contributed by atoms with E-state index in [0.717, 1.165) is 22.2 Å². The average molecular weight is 315 g/mol. The van der Waals surface area contributed by atoms with Gasteiger partial charge in [0.2, 0.25) is 0 Å². The van der Waals surface area contributed by atoms with Crippen LogP contribution in [0, 0.1) is 12.7 Å². The monoisotopic (exact) mass is 315 g/mol. The number of benzene rings is 2. The van der Waals surface area contributed by atoms with Gasteiger partial charge in [0.25, 0.3) is 0 Å². The second-order valence-electron chi connectivity index (χ2n) is 5.59. The van der Waals surface area contributed by atoms with Crippen molar-refractivity contribution < 1.29 is 4.39 Å². The van der Waals surface area contributed by atoms with Gasteiger partial charge in [-0.3, -0.25) is 0 Å². The number of hydrogen-bond acceptors (Lipinski definition) is 3. The van der Waals surface area contributed by atoms with Gasteiger partial charge in [0.1, 0.15) is 11.5 Å². The molecule has 2 aromatic heterocycles. The molecule has 0 bridgehead atoms. The lowest BCUT2D eigenvalue weighted by atomic mass is 10.1. The van der Waals surface area contributed by atoms with Crippen molar-refractivity contribution >= 4 is 10.9 Å². The van der Waals surface area contributed by atoms with Gasteiger partial charge in [-0.05, 0) is 37.3 Å². The summed E-state index contributed by atoms with van der Waals surface area (Å²) in [6.07, 6.45) is 0. The minimum absolute atomic E-state index is 0.287. The van der Waals surface area contributed by atoms with Gasteiger partial charge in [-0.15, -0.1) is 0 Å². The van der Waals surface area contributed by atoms with E-state index in [1.165, 1.54) is 12.1 Å². The molecule has 0 fully saturated rings. The molecule has 0 spiro atoms. The maximum atomic E-state index is 13.7. The number of aromatic nitrogens is 3. The van der Waals surface area contributed by atoms with E-state index in [-0.39, 0.29) is 5.82 Å². The van der Waals surface area contributed by atoms with E-state index in [2.05, 4.69) is 15.0 Å². The molecular weight excluding hydrogens is 301 g/mol. The number of halogens is 1. The zero-order valence-electron chi connectivity index (χ0n) is 13.1. The van der Waals surface area contributed by atoms with Crippen LogP contribution in [0.3, 0.4) is 0 Å². The van der Waals surface area contributed by atoms with Crippen LogP contribution in [0.4, 0.5) is 4.39 Å². The van der Waals surface area contributed by atoms with Crippen molar-refractivity contribution in [2.45, 2.75) is 6.92 Å². The lowest BCUT2D eigenvalue weighted by molar-refractivity contribution is 0.628. The molecule has 116 valence electrons. The molecule has 0 aliphatic heterocycles. The summed E-state index contributed by atoms with van der Waals surface area (Å²) >= 11 is 0. The Hall–Kier alpha value is -3.14. The number of nitrogens with zero attached hydrogens (tertiary/aromatic N) is 3. The van der Waals surface area contributed by atoms with E-state index in [9.17, 15) is 4.39 Å². The molecule has 0 aliphatic carbocycles. The maximum absolute atomic E-state index is 13.7. The van der Waals surface area contributed by atoms with Crippen LogP contribution in [0.5, 0.6) is 0 Å².